The molecule has 0 amide bonds. The maximum absolute atomic E-state index is 5.64. The molecular formula is C16H24N2OS. The second-order valence-corrected chi connectivity index (χ2v) is 5.78. The van der Waals surface area contributed by atoms with Gasteiger partial charge in [0.25, 0.3) is 0 Å². The van der Waals surface area contributed by atoms with Crippen LogP contribution in [0.4, 0.5) is 5.69 Å². The van der Waals surface area contributed by atoms with Crippen LogP contribution in [-0.4, -0.2) is 28.7 Å². The minimum Gasteiger partial charge on any atom is -0.492 e. The van der Waals surface area contributed by atoms with E-state index in [0.717, 1.165) is 16.5 Å². The van der Waals surface area contributed by atoms with Crippen molar-refractivity contribution in [2.75, 3.05) is 11.9 Å². The average Bonchev–Trinajstić information content (AvgIpc) is 2.41. The number of hydrogen-bond donors (Lipinski definition) is 1. The highest BCUT2D eigenvalue weighted by molar-refractivity contribution is 7.80. The molecule has 0 bridgehead atoms. The van der Waals surface area contributed by atoms with Crippen LogP contribution in [0.15, 0.2) is 24.3 Å². The number of piperidine rings is 1. The van der Waals surface area contributed by atoms with Gasteiger partial charge in [0.05, 0.1) is 12.3 Å². The Bertz CT molecular complexity index is 454. The molecule has 1 aliphatic heterocycles. The maximum Gasteiger partial charge on any atom is 0.174 e. The Labute approximate surface area is 127 Å². The Morgan fingerprint density at radius 3 is 2.60 bits per heavy atom. The summed E-state index contributed by atoms with van der Waals surface area (Å²) in [5.41, 5.74) is 0.948. The number of rotatable bonds is 3. The van der Waals surface area contributed by atoms with Crippen LogP contribution < -0.4 is 10.1 Å². The van der Waals surface area contributed by atoms with Crippen molar-refractivity contribution in [3.8, 4) is 5.75 Å². The van der Waals surface area contributed by atoms with E-state index < -0.39 is 0 Å². The lowest BCUT2D eigenvalue weighted by atomic mass is 9.98. The van der Waals surface area contributed by atoms with Gasteiger partial charge in [-0.15, -0.1) is 0 Å². The Kier molecular flexibility index (Phi) is 5.24. The number of anilines is 1. The van der Waals surface area contributed by atoms with Gasteiger partial charge in [-0.3, -0.25) is 0 Å². The minimum absolute atomic E-state index is 0.498. The zero-order valence-electron chi connectivity index (χ0n) is 12.6. The van der Waals surface area contributed by atoms with Crippen molar-refractivity contribution in [1.29, 1.82) is 0 Å². The Hall–Kier alpha value is -1.29. The molecule has 1 aromatic rings. The quantitative estimate of drug-likeness (QED) is 0.850. The third kappa shape index (κ3) is 3.42. The fraction of sp³-hybridized carbons (Fsp3) is 0.562. The van der Waals surface area contributed by atoms with Crippen molar-refractivity contribution in [3.63, 3.8) is 0 Å². The van der Waals surface area contributed by atoms with Crippen LogP contribution in [0.3, 0.4) is 0 Å². The molecule has 1 aliphatic rings. The molecule has 1 saturated heterocycles. The van der Waals surface area contributed by atoms with E-state index in [4.69, 9.17) is 17.0 Å². The van der Waals surface area contributed by atoms with Gasteiger partial charge in [-0.05, 0) is 64.4 Å². The van der Waals surface area contributed by atoms with E-state index in [9.17, 15) is 0 Å². The molecule has 0 saturated carbocycles. The molecule has 0 aromatic heterocycles. The zero-order valence-corrected chi connectivity index (χ0v) is 13.4. The molecule has 3 nitrogen and oxygen atoms in total. The van der Waals surface area contributed by atoms with Gasteiger partial charge >= 0.3 is 0 Å². The van der Waals surface area contributed by atoms with Gasteiger partial charge in [0, 0.05) is 12.1 Å². The van der Waals surface area contributed by atoms with Crippen molar-refractivity contribution in [1.82, 2.24) is 4.90 Å². The van der Waals surface area contributed by atoms with Crippen LogP contribution in [0.2, 0.25) is 0 Å². The third-order valence-corrected chi connectivity index (χ3v) is 4.17. The summed E-state index contributed by atoms with van der Waals surface area (Å²) in [6.07, 6.45) is 3.70. The second-order valence-electron chi connectivity index (χ2n) is 5.40. The summed E-state index contributed by atoms with van der Waals surface area (Å²) >= 11 is 5.61. The number of likely N-dealkylation sites (tertiary alicyclic amines) is 1. The van der Waals surface area contributed by atoms with Gasteiger partial charge in [-0.25, -0.2) is 0 Å². The molecule has 20 heavy (non-hydrogen) atoms. The first-order valence-corrected chi connectivity index (χ1v) is 7.85. The van der Waals surface area contributed by atoms with Gasteiger partial charge in [0.2, 0.25) is 0 Å². The normalized spacial score (nSPS) is 22.4. The first kappa shape index (κ1) is 15.1. The SMILES string of the molecule is CCOc1ccccc1NC(=S)N1C(C)CCCC1C. The molecule has 1 fully saturated rings. The predicted molar refractivity (Wildman–Crippen MR) is 88.4 cm³/mol. The van der Waals surface area contributed by atoms with Gasteiger partial charge in [-0.1, -0.05) is 12.1 Å². The first-order chi connectivity index (χ1) is 9.63. The molecule has 2 rings (SSSR count). The van der Waals surface area contributed by atoms with Gasteiger partial charge in [0.1, 0.15) is 5.75 Å². The Morgan fingerprint density at radius 1 is 1.30 bits per heavy atom. The summed E-state index contributed by atoms with van der Waals surface area (Å²) in [4.78, 5) is 2.32. The Morgan fingerprint density at radius 2 is 1.95 bits per heavy atom. The van der Waals surface area contributed by atoms with E-state index in [1.807, 2.05) is 31.2 Å². The third-order valence-electron chi connectivity index (χ3n) is 3.86. The highest BCUT2D eigenvalue weighted by atomic mass is 32.1. The lowest BCUT2D eigenvalue weighted by Crippen LogP contribution is -2.49. The van der Waals surface area contributed by atoms with E-state index >= 15 is 0 Å². The van der Waals surface area contributed by atoms with Crippen LogP contribution in [-0.2, 0) is 0 Å². The zero-order chi connectivity index (χ0) is 14.5. The standard InChI is InChI=1S/C16H24N2OS/c1-4-19-15-11-6-5-10-14(15)17-16(20)18-12(2)8-7-9-13(18)3/h5-6,10-13H,4,7-9H2,1-3H3,(H,17,20). The van der Waals surface area contributed by atoms with Crippen molar-refractivity contribution in [2.45, 2.75) is 52.1 Å². The van der Waals surface area contributed by atoms with E-state index in [-0.39, 0.29) is 0 Å². The van der Waals surface area contributed by atoms with E-state index in [0.29, 0.717) is 18.7 Å². The summed E-state index contributed by atoms with van der Waals surface area (Å²) in [7, 11) is 0. The molecule has 1 heterocycles. The van der Waals surface area contributed by atoms with Crippen molar-refractivity contribution in [3.05, 3.63) is 24.3 Å². The molecule has 4 heteroatoms. The van der Waals surface area contributed by atoms with Crippen LogP contribution in [0, 0.1) is 0 Å². The highest BCUT2D eigenvalue weighted by Gasteiger charge is 2.26. The van der Waals surface area contributed by atoms with Gasteiger partial charge in [0.15, 0.2) is 5.11 Å². The number of nitrogens with zero attached hydrogens (tertiary/aromatic N) is 1. The molecule has 110 valence electrons. The van der Waals surface area contributed by atoms with Crippen molar-refractivity contribution >= 4 is 23.0 Å². The predicted octanol–water partition coefficient (Wildman–Crippen LogP) is 4.05. The summed E-state index contributed by atoms with van der Waals surface area (Å²) < 4.78 is 5.64. The Balaban J connectivity index is 2.11. The largest absolute Gasteiger partial charge is 0.492 e. The lowest BCUT2D eigenvalue weighted by Gasteiger charge is -2.41. The second kappa shape index (κ2) is 6.93. The molecule has 2 atom stereocenters. The average molecular weight is 292 g/mol. The van der Waals surface area contributed by atoms with Crippen LogP contribution in [0.1, 0.15) is 40.0 Å². The fourth-order valence-corrected chi connectivity index (χ4v) is 3.32. The smallest absolute Gasteiger partial charge is 0.174 e. The number of thiocarbonyl (C=S) groups is 1. The molecule has 2 unspecified atom stereocenters. The van der Waals surface area contributed by atoms with Crippen LogP contribution in [0.5, 0.6) is 5.75 Å². The van der Waals surface area contributed by atoms with Gasteiger partial charge in [-0.2, -0.15) is 0 Å². The number of nitrogens with one attached hydrogen (secondary N) is 1. The molecule has 0 aliphatic carbocycles. The lowest BCUT2D eigenvalue weighted by molar-refractivity contribution is 0.194. The monoisotopic (exact) mass is 292 g/mol. The maximum atomic E-state index is 5.64. The summed E-state index contributed by atoms with van der Waals surface area (Å²) in [6.45, 7) is 7.14. The van der Waals surface area contributed by atoms with E-state index in [1.165, 1.54) is 19.3 Å². The van der Waals surface area contributed by atoms with E-state index in [1.54, 1.807) is 0 Å². The number of benzene rings is 1. The number of para-hydroxylation sites is 2. The molecule has 0 radical (unpaired) electrons. The molecule has 1 N–H and O–H groups in total. The first-order valence-electron chi connectivity index (χ1n) is 7.44. The van der Waals surface area contributed by atoms with Crippen molar-refractivity contribution < 1.29 is 4.74 Å². The topological polar surface area (TPSA) is 24.5 Å². The molecule has 0 spiro atoms. The number of hydrogen-bond acceptors (Lipinski definition) is 2. The summed E-state index contributed by atoms with van der Waals surface area (Å²) in [5, 5.41) is 4.16. The van der Waals surface area contributed by atoms with E-state index in [2.05, 4.69) is 24.1 Å². The summed E-state index contributed by atoms with van der Waals surface area (Å²) in [5.74, 6) is 0.856. The van der Waals surface area contributed by atoms with Crippen molar-refractivity contribution in [2.24, 2.45) is 0 Å². The minimum atomic E-state index is 0.498. The number of ether oxygens (including phenoxy) is 1. The molecular weight excluding hydrogens is 268 g/mol. The van der Waals surface area contributed by atoms with Gasteiger partial charge < -0.3 is 15.0 Å². The summed E-state index contributed by atoms with van der Waals surface area (Å²) in [6, 6.07) is 8.95. The van der Waals surface area contributed by atoms with Crippen LogP contribution in [0.25, 0.3) is 0 Å². The molecule has 1 aromatic carbocycles. The fourth-order valence-electron chi connectivity index (χ4n) is 2.85. The highest BCUT2D eigenvalue weighted by Crippen LogP contribution is 2.27. The van der Waals surface area contributed by atoms with Crippen LogP contribution >= 0.6 is 12.2 Å².